The molecular weight excluding hydrogens is 344 g/mol. The Balaban J connectivity index is 1.87. The SMILES string of the molecule is CC1CCCCC1NC(=O)COC(=O)c1cccc(NS(C)(=O)=O)c1. The molecule has 1 amide bonds. The summed E-state index contributed by atoms with van der Waals surface area (Å²) < 4.78 is 29.8. The van der Waals surface area contributed by atoms with Gasteiger partial charge in [0, 0.05) is 11.7 Å². The second-order valence-electron chi connectivity index (χ2n) is 6.47. The molecule has 1 aliphatic carbocycles. The van der Waals surface area contributed by atoms with Gasteiger partial charge in [0.15, 0.2) is 6.61 Å². The minimum absolute atomic E-state index is 0.127. The molecule has 7 nitrogen and oxygen atoms in total. The molecular formula is C17H24N2O5S. The van der Waals surface area contributed by atoms with Crippen molar-refractivity contribution in [1.29, 1.82) is 0 Å². The Bertz CT molecular complexity index is 732. The molecule has 1 aromatic carbocycles. The van der Waals surface area contributed by atoms with E-state index in [9.17, 15) is 18.0 Å². The molecule has 1 aromatic rings. The van der Waals surface area contributed by atoms with E-state index in [1.165, 1.54) is 30.7 Å². The summed E-state index contributed by atoms with van der Waals surface area (Å²) in [6.07, 6.45) is 5.33. The molecule has 2 rings (SSSR count). The predicted molar refractivity (Wildman–Crippen MR) is 94.8 cm³/mol. The number of amides is 1. The monoisotopic (exact) mass is 368 g/mol. The normalized spacial score (nSPS) is 20.6. The topological polar surface area (TPSA) is 102 Å². The van der Waals surface area contributed by atoms with Crippen LogP contribution in [-0.4, -0.2) is 39.2 Å². The number of carbonyl (C=O) groups excluding carboxylic acids is 2. The minimum Gasteiger partial charge on any atom is -0.452 e. The lowest BCUT2D eigenvalue weighted by molar-refractivity contribution is -0.125. The van der Waals surface area contributed by atoms with E-state index >= 15 is 0 Å². The lowest BCUT2D eigenvalue weighted by Gasteiger charge is -2.29. The maximum absolute atomic E-state index is 12.0. The molecule has 25 heavy (non-hydrogen) atoms. The van der Waals surface area contributed by atoms with Gasteiger partial charge in [-0.25, -0.2) is 13.2 Å². The number of hydrogen-bond donors (Lipinski definition) is 2. The number of ether oxygens (including phenoxy) is 1. The standard InChI is InChI=1S/C17H24N2O5S/c1-12-6-3-4-9-15(12)18-16(20)11-24-17(21)13-7-5-8-14(10-13)19-25(2,22)23/h5,7-8,10,12,15,19H,3-4,6,9,11H2,1-2H3,(H,18,20). The lowest BCUT2D eigenvalue weighted by atomic mass is 9.86. The molecule has 2 atom stereocenters. The lowest BCUT2D eigenvalue weighted by Crippen LogP contribution is -2.42. The molecule has 0 bridgehead atoms. The molecule has 138 valence electrons. The van der Waals surface area contributed by atoms with E-state index in [2.05, 4.69) is 17.0 Å². The van der Waals surface area contributed by atoms with Crippen LogP contribution in [0.3, 0.4) is 0 Å². The Morgan fingerprint density at radius 2 is 1.96 bits per heavy atom. The van der Waals surface area contributed by atoms with Crippen LogP contribution >= 0.6 is 0 Å². The number of nitrogens with one attached hydrogen (secondary N) is 2. The summed E-state index contributed by atoms with van der Waals surface area (Å²) in [5.41, 5.74) is 0.435. The summed E-state index contributed by atoms with van der Waals surface area (Å²) in [5.74, 6) is -0.575. The fourth-order valence-electron chi connectivity index (χ4n) is 2.92. The van der Waals surface area contributed by atoms with Gasteiger partial charge in [-0.2, -0.15) is 0 Å². The van der Waals surface area contributed by atoms with Crippen LogP contribution in [0.4, 0.5) is 5.69 Å². The van der Waals surface area contributed by atoms with Crippen molar-refractivity contribution < 1.29 is 22.7 Å². The number of anilines is 1. The average Bonchev–Trinajstić information content (AvgIpc) is 2.53. The highest BCUT2D eigenvalue weighted by molar-refractivity contribution is 7.92. The van der Waals surface area contributed by atoms with Crippen molar-refractivity contribution in [2.45, 2.75) is 38.6 Å². The number of esters is 1. The van der Waals surface area contributed by atoms with Crippen LogP contribution < -0.4 is 10.0 Å². The summed E-state index contributed by atoms with van der Waals surface area (Å²) in [4.78, 5) is 24.0. The third-order valence-electron chi connectivity index (χ3n) is 4.19. The number of benzene rings is 1. The van der Waals surface area contributed by atoms with Gasteiger partial charge in [-0.3, -0.25) is 9.52 Å². The second-order valence-corrected chi connectivity index (χ2v) is 8.22. The van der Waals surface area contributed by atoms with Crippen LogP contribution in [0.1, 0.15) is 43.0 Å². The van der Waals surface area contributed by atoms with Gasteiger partial charge in [-0.1, -0.05) is 25.8 Å². The molecule has 2 N–H and O–H groups in total. The van der Waals surface area contributed by atoms with Crippen molar-refractivity contribution in [1.82, 2.24) is 5.32 Å². The van der Waals surface area contributed by atoms with E-state index in [4.69, 9.17) is 4.74 Å². The van der Waals surface area contributed by atoms with E-state index < -0.39 is 16.0 Å². The summed E-state index contributed by atoms with van der Waals surface area (Å²) in [7, 11) is -3.43. The fourth-order valence-corrected chi connectivity index (χ4v) is 3.47. The molecule has 0 saturated heterocycles. The van der Waals surface area contributed by atoms with Crippen LogP contribution in [-0.2, 0) is 19.6 Å². The Labute approximate surface area is 148 Å². The maximum Gasteiger partial charge on any atom is 0.338 e. The van der Waals surface area contributed by atoms with Crippen molar-refractivity contribution in [3.63, 3.8) is 0 Å². The molecule has 1 saturated carbocycles. The molecule has 2 unspecified atom stereocenters. The minimum atomic E-state index is -3.43. The third kappa shape index (κ3) is 6.38. The summed E-state index contributed by atoms with van der Waals surface area (Å²) in [6, 6.07) is 6.05. The van der Waals surface area contributed by atoms with Crippen LogP contribution in [0.5, 0.6) is 0 Å². The zero-order valence-corrected chi connectivity index (χ0v) is 15.3. The fraction of sp³-hybridized carbons (Fsp3) is 0.529. The molecule has 1 fully saturated rings. The zero-order valence-electron chi connectivity index (χ0n) is 14.4. The van der Waals surface area contributed by atoms with Gasteiger partial charge >= 0.3 is 5.97 Å². The van der Waals surface area contributed by atoms with Crippen LogP contribution in [0, 0.1) is 5.92 Å². The van der Waals surface area contributed by atoms with E-state index in [0.717, 1.165) is 25.5 Å². The largest absolute Gasteiger partial charge is 0.452 e. The third-order valence-corrected chi connectivity index (χ3v) is 4.80. The summed E-state index contributed by atoms with van der Waals surface area (Å²) in [6.45, 7) is 1.75. The molecule has 0 radical (unpaired) electrons. The van der Waals surface area contributed by atoms with Crippen molar-refractivity contribution in [3.05, 3.63) is 29.8 Å². The molecule has 8 heteroatoms. The Morgan fingerprint density at radius 1 is 1.24 bits per heavy atom. The number of hydrogen-bond acceptors (Lipinski definition) is 5. The van der Waals surface area contributed by atoms with Crippen LogP contribution in [0.15, 0.2) is 24.3 Å². The van der Waals surface area contributed by atoms with E-state index in [-0.39, 0.29) is 29.8 Å². The number of rotatable bonds is 6. The Morgan fingerprint density at radius 3 is 2.64 bits per heavy atom. The van der Waals surface area contributed by atoms with E-state index in [1.807, 2.05) is 0 Å². The van der Waals surface area contributed by atoms with Crippen LogP contribution in [0.25, 0.3) is 0 Å². The molecule has 0 heterocycles. The highest BCUT2D eigenvalue weighted by Gasteiger charge is 2.23. The Kier molecular flexibility index (Phi) is 6.41. The summed E-state index contributed by atoms with van der Waals surface area (Å²) >= 11 is 0. The molecule has 0 spiro atoms. The molecule has 1 aliphatic rings. The first-order chi connectivity index (χ1) is 11.7. The first-order valence-electron chi connectivity index (χ1n) is 8.29. The van der Waals surface area contributed by atoms with Gasteiger partial charge in [-0.15, -0.1) is 0 Å². The van der Waals surface area contributed by atoms with E-state index in [1.54, 1.807) is 0 Å². The number of carbonyl (C=O) groups is 2. The van der Waals surface area contributed by atoms with Crippen molar-refractivity contribution >= 4 is 27.6 Å². The first kappa shape index (κ1) is 19.2. The van der Waals surface area contributed by atoms with Gasteiger partial charge in [0.25, 0.3) is 5.91 Å². The number of sulfonamides is 1. The maximum atomic E-state index is 12.0. The molecule has 0 aliphatic heterocycles. The predicted octanol–water partition coefficient (Wildman–Crippen LogP) is 1.91. The van der Waals surface area contributed by atoms with Crippen LogP contribution in [0.2, 0.25) is 0 Å². The second kappa shape index (κ2) is 8.33. The van der Waals surface area contributed by atoms with Crippen molar-refractivity contribution in [3.8, 4) is 0 Å². The van der Waals surface area contributed by atoms with Crippen molar-refractivity contribution in [2.75, 3.05) is 17.6 Å². The van der Waals surface area contributed by atoms with Crippen molar-refractivity contribution in [2.24, 2.45) is 5.92 Å². The highest BCUT2D eigenvalue weighted by Crippen LogP contribution is 2.23. The van der Waals surface area contributed by atoms with Gasteiger partial charge in [0.2, 0.25) is 10.0 Å². The van der Waals surface area contributed by atoms with E-state index in [0.29, 0.717) is 5.92 Å². The summed E-state index contributed by atoms with van der Waals surface area (Å²) in [5, 5.41) is 2.91. The highest BCUT2D eigenvalue weighted by atomic mass is 32.2. The van der Waals surface area contributed by atoms with Gasteiger partial charge in [0.05, 0.1) is 11.8 Å². The Hall–Kier alpha value is -2.09. The average molecular weight is 368 g/mol. The quantitative estimate of drug-likeness (QED) is 0.747. The molecule has 0 aromatic heterocycles. The zero-order chi connectivity index (χ0) is 18.4. The first-order valence-corrected chi connectivity index (χ1v) is 10.2. The van der Waals surface area contributed by atoms with Gasteiger partial charge in [-0.05, 0) is 37.0 Å². The van der Waals surface area contributed by atoms with Gasteiger partial charge < -0.3 is 10.1 Å². The smallest absolute Gasteiger partial charge is 0.338 e. The van der Waals surface area contributed by atoms with Gasteiger partial charge in [0.1, 0.15) is 0 Å².